The van der Waals surface area contributed by atoms with Gasteiger partial charge in [-0.15, -0.1) is 0 Å². The van der Waals surface area contributed by atoms with Crippen molar-refractivity contribution in [3.05, 3.63) is 88.0 Å². The first-order valence-corrected chi connectivity index (χ1v) is 16.2. The molecule has 3 N–H and O–H groups in total. The summed E-state index contributed by atoms with van der Waals surface area (Å²) in [5.74, 6) is -2.62. The van der Waals surface area contributed by atoms with Crippen molar-refractivity contribution in [2.75, 3.05) is 19.0 Å². The normalized spacial score (nSPS) is 40.9. The molecule has 0 spiro atoms. The van der Waals surface area contributed by atoms with Gasteiger partial charge < -0.3 is 25.0 Å². The van der Waals surface area contributed by atoms with E-state index in [1.54, 1.807) is 6.92 Å². The smallest absolute Gasteiger partial charge is 0.193 e. The molecule has 4 aliphatic carbocycles. The van der Waals surface area contributed by atoms with Crippen LogP contribution < -0.4 is 5.32 Å². The molecule has 10 heteroatoms. The van der Waals surface area contributed by atoms with Gasteiger partial charge in [0.15, 0.2) is 29.1 Å². The summed E-state index contributed by atoms with van der Waals surface area (Å²) >= 11 is 6.23. The molecule has 244 valence electrons. The third-order valence-electron chi connectivity index (χ3n) is 11.9. The van der Waals surface area contributed by atoms with Crippen LogP contribution in [0.25, 0.3) is 0 Å². The van der Waals surface area contributed by atoms with E-state index in [0.29, 0.717) is 17.0 Å². The molecule has 7 nitrogen and oxygen atoms in total. The van der Waals surface area contributed by atoms with Gasteiger partial charge in [-0.2, -0.15) is 0 Å². The number of alkyl halides is 2. The zero-order chi connectivity index (χ0) is 32.8. The van der Waals surface area contributed by atoms with Crippen LogP contribution in [0.3, 0.4) is 0 Å². The standard InChI is InChI=1S/C36H38ClF2NO6/c1-33-11-10-22(42)14-25(33)27(38)15-24-23-16-31-36(30(44)18-41,34(23,2)17-29(43)35(24,33)39)46-32(45-31)21-7-4-19(5-8-21)12-20-6-9-26(37)28(13-20)40-3/h4-11,13-14,23-24,27,29,31-32,40-41,43H,12,15-18H2,1-3H3/t23-,24-,27-,29-,31+,32+,33-,34-,35-,36+/m0/s1. The summed E-state index contributed by atoms with van der Waals surface area (Å²) in [5.41, 5.74) is -3.02. The number of aliphatic hydroxyl groups excluding tert-OH is 2. The van der Waals surface area contributed by atoms with Gasteiger partial charge in [-0.05, 0) is 79.5 Å². The molecule has 2 aromatic carbocycles. The number of carbonyl (C=O) groups is 2. The van der Waals surface area contributed by atoms with E-state index in [9.17, 15) is 19.8 Å². The van der Waals surface area contributed by atoms with Crippen LogP contribution in [-0.2, 0) is 25.5 Å². The van der Waals surface area contributed by atoms with Gasteiger partial charge in [0.2, 0.25) is 0 Å². The van der Waals surface area contributed by atoms with E-state index in [2.05, 4.69) is 5.32 Å². The second kappa shape index (κ2) is 10.8. The first-order chi connectivity index (χ1) is 21.8. The van der Waals surface area contributed by atoms with Crippen LogP contribution in [0.4, 0.5) is 14.5 Å². The van der Waals surface area contributed by atoms with Crippen LogP contribution in [0.1, 0.15) is 56.1 Å². The zero-order valence-corrected chi connectivity index (χ0v) is 26.7. The van der Waals surface area contributed by atoms with E-state index in [1.165, 1.54) is 19.1 Å². The molecule has 0 aromatic heterocycles. The summed E-state index contributed by atoms with van der Waals surface area (Å²) in [5, 5.41) is 25.6. The molecule has 5 aliphatic rings. The van der Waals surface area contributed by atoms with E-state index in [0.717, 1.165) is 22.9 Å². The van der Waals surface area contributed by atoms with Crippen molar-refractivity contribution in [1.82, 2.24) is 0 Å². The van der Waals surface area contributed by atoms with Crippen LogP contribution >= 0.6 is 11.6 Å². The average Bonchev–Trinajstić information content (AvgIpc) is 3.54. The van der Waals surface area contributed by atoms with Gasteiger partial charge in [0.1, 0.15) is 12.8 Å². The van der Waals surface area contributed by atoms with Gasteiger partial charge in [-0.25, -0.2) is 8.78 Å². The minimum Gasteiger partial charge on any atom is -0.390 e. The number of ether oxygens (including phenoxy) is 2. The highest BCUT2D eigenvalue weighted by atomic mass is 35.5. The lowest BCUT2D eigenvalue weighted by molar-refractivity contribution is -0.235. The Morgan fingerprint density at radius 2 is 1.83 bits per heavy atom. The molecular formula is C36H38ClF2NO6. The number of carbonyl (C=O) groups excluding carboxylic acids is 2. The highest BCUT2D eigenvalue weighted by molar-refractivity contribution is 6.33. The molecular weight excluding hydrogens is 616 g/mol. The second-order valence-electron chi connectivity index (χ2n) is 14.0. The number of benzene rings is 2. The van der Waals surface area contributed by atoms with Gasteiger partial charge >= 0.3 is 0 Å². The highest BCUT2D eigenvalue weighted by Crippen LogP contribution is 2.72. The number of halogens is 3. The molecule has 7 rings (SSSR count). The Labute approximate surface area is 271 Å². The molecule has 1 aliphatic heterocycles. The maximum Gasteiger partial charge on any atom is 0.193 e. The first kappa shape index (κ1) is 31.6. The predicted molar refractivity (Wildman–Crippen MR) is 168 cm³/mol. The van der Waals surface area contributed by atoms with Gasteiger partial charge in [-0.3, -0.25) is 9.59 Å². The molecule has 3 saturated carbocycles. The monoisotopic (exact) mass is 653 g/mol. The Bertz CT molecular complexity index is 1660. The average molecular weight is 654 g/mol. The molecule has 2 aromatic rings. The topological polar surface area (TPSA) is 105 Å². The molecule has 46 heavy (non-hydrogen) atoms. The maximum absolute atomic E-state index is 17.6. The Kier molecular flexibility index (Phi) is 7.42. The predicted octanol–water partition coefficient (Wildman–Crippen LogP) is 5.62. The number of nitrogens with one attached hydrogen (secondary N) is 1. The molecule has 0 unspecified atom stereocenters. The van der Waals surface area contributed by atoms with Gasteiger partial charge in [-0.1, -0.05) is 54.9 Å². The third kappa shape index (κ3) is 4.14. The number of fused-ring (bicyclic) bond motifs is 7. The Morgan fingerprint density at radius 3 is 2.52 bits per heavy atom. The number of Topliss-reactive ketones (excluding diaryl/α,β-unsaturated/α-hetero) is 1. The maximum atomic E-state index is 17.6. The summed E-state index contributed by atoms with van der Waals surface area (Å²) in [7, 11) is 1.81. The van der Waals surface area contributed by atoms with Crippen molar-refractivity contribution in [1.29, 1.82) is 0 Å². The van der Waals surface area contributed by atoms with Crippen molar-refractivity contribution in [2.45, 2.75) is 75.5 Å². The number of rotatable bonds is 6. The van der Waals surface area contributed by atoms with Crippen LogP contribution in [0.5, 0.6) is 0 Å². The van der Waals surface area contributed by atoms with Gasteiger partial charge in [0.05, 0.1) is 22.9 Å². The van der Waals surface area contributed by atoms with Crippen LogP contribution in [0.15, 0.2) is 66.3 Å². The summed E-state index contributed by atoms with van der Waals surface area (Å²) in [6, 6.07) is 13.5. The quantitative estimate of drug-likeness (QED) is 0.372. The number of anilines is 1. The molecule has 0 radical (unpaired) electrons. The zero-order valence-electron chi connectivity index (χ0n) is 25.9. The van der Waals surface area contributed by atoms with E-state index >= 15 is 8.78 Å². The fourth-order valence-electron chi connectivity index (χ4n) is 9.62. The minimum absolute atomic E-state index is 0.0373. The molecule has 4 fully saturated rings. The molecule has 1 heterocycles. The fraction of sp³-hybridized carbons (Fsp3) is 0.500. The van der Waals surface area contributed by atoms with Gasteiger partial charge in [0, 0.05) is 29.4 Å². The highest BCUT2D eigenvalue weighted by Gasteiger charge is 2.80. The lowest BCUT2D eigenvalue weighted by Crippen LogP contribution is -2.70. The number of ketones is 2. The van der Waals surface area contributed by atoms with E-state index < -0.39 is 76.8 Å². The van der Waals surface area contributed by atoms with E-state index in [1.807, 2.05) is 49.5 Å². The lowest BCUT2D eigenvalue weighted by Gasteiger charge is -2.63. The number of hydrogen-bond donors (Lipinski definition) is 3. The Hall–Kier alpha value is -2.95. The van der Waals surface area contributed by atoms with Gasteiger partial charge in [0.25, 0.3) is 0 Å². The molecule has 0 amide bonds. The van der Waals surface area contributed by atoms with E-state index in [-0.39, 0.29) is 24.8 Å². The summed E-state index contributed by atoms with van der Waals surface area (Å²) < 4.78 is 46.4. The van der Waals surface area contributed by atoms with Crippen molar-refractivity contribution in [3.8, 4) is 0 Å². The summed E-state index contributed by atoms with van der Waals surface area (Å²) in [6.07, 6.45) is -0.775. The Morgan fingerprint density at radius 1 is 1.11 bits per heavy atom. The fourth-order valence-corrected chi connectivity index (χ4v) is 9.83. The van der Waals surface area contributed by atoms with Crippen LogP contribution in [-0.4, -0.2) is 65.1 Å². The lowest BCUT2D eigenvalue weighted by atomic mass is 9.44. The second-order valence-corrected chi connectivity index (χ2v) is 14.4. The first-order valence-electron chi connectivity index (χ1n) is 15.8. The number of aliphatic hydroxyl groups is 2. The molecule has 0 bridgehead atoms. The van der Waals surface area contributed by atoms with Crippen molar-refractivity contribution < 1.29 is 38.1 Å². The number of hydrogen-bond acceptors (Lipinski definition) is 7. The van der Waals surface area contributed by atoms with Crippen molar-refractivity contribution in [2.24, 2.45) is 22.7 Å². The molecule has 1 saturated heterocycles. The third-order valence-corrected chi connectivity index (χ3v) is 12.2. The minimum atomic E-state index is -2.29. The van der Waals surface area contributed by atoms with Crippen LogP contribution in [0.2, 0.25) is 5.02 Å². The van der Waals surface area contributed by atoms with Crippen molar-refractivity contribution >= 4 is 28.9 Å². The SMILES string of the molecule is CNc1cc(Cc2ccc([C@@H]3O[C@@H]4C[C@H]5[C@@H]6C[C@H](F)C7=CC(=O)C=C[C@]7(C)[C@@]6(F)[C@@H](O)C[C@]5(C)[C@]4(C(=O)CO)O3)cc2)ccc1Cl. The summed E-state index contributed by atoms with van der Waals surface area (Å²) in [6.45, 7) is 2.48. The summed E-state index contributed by atoms with van der Waals surface area (Å²) in [4.78, 5) is 25.9. The Balaban J connectivity index is 1.19. The number of allylic oxidation sites excluding steroid dienone is 4. The molecule has 10 atom stereocenters. The van der Waals surface area contributed by atoms with E-state index in [4.69, 9.17) is 21.1 Å². The van der Waals surface area contributed by atoms with Crippen LogP contribution in [0, 0.1) is 22.7 Å². The largest absolute Gasteiger partial charge is 0.390 e. The van der Waals surface area contributed by atoms with Crippen molar-refractivity contribution in [3.63, 3.8) is 0 Å².